The molecule has 2 nitrogen and oxygen atoms in total. The third-order valence-electron chi connectivity index (χ3n) is 5.24. The lowest BCUT2D eigenvalue weighted by Crippen LogP contribution is -2.14. The summed E-state index contributed by atoms with van der Waals surface area (Å²) < 4.78 is 1.20. The van der Waals surface area contributed by atoms with Crippen molar-refractivity contribution in [2.24, 2.45) is 0 Å². The maximum Gasteiger partial charge on any atom is 0.128 e. The molecule has 0 saturated carbocycles. The lowest BCUT2D eigenvalue weighted by atomic mass is 9.82. The summed E-state index contributed by atoms with van der Waals surface area (Å²) in [6.07, 6.45) is 0. The standard InChI is InChI=1S/C22H17NOS/c1-22(2)15-9-5-3-7-13(15)19-16(22)11-12-17-20(19)25-21(23-17)14-8-4-6-10-18(14)24/h3-12,24H,1-2H3. The molecule has 0 amide bonds. The average Bonchev–Trinajstić information content (AvgIpc) is 3.13. The molecule has 122 valence electrons. The van der Waals surface area contributed by atoms with Crippen LogP contribution in [-0.4, -0.2) is 10.1 Å². The molecule has 0 spiro atoms. The molecule has 1 aliphatic carbocycles. The van der Waals surface area contributed by atoms with Crippen LogP contribution in [0, 0.1) is 0 Å². The zero-order valence-corrected chi connectivity index (χ0v) is 14.9. The second kappa shape index (κ2) is 4.93. The topological polar surface area (TPSA) is 33.1 Å². The Bertz CT molecular complexity index is 1140. The van der Waals surface area contributed by atoms with Crippen LogP contribution in [0.5, 0.6) is 5.75 Å². The van der Waals surface area contributed by atoms with Gasteiger partial charge in [-0.3, -0.25) is 0 Å². The molecule has 5 rings (SSSR count). The van der Waals surface area contributed by atoms with Crippen LogP contribution in [-0.2, 0) is 5.41 Å². The lowest BCUT2D eigenvalue weighted by molar-refractivity contribution is 0.477. The van der Waals surface area contributed by atoms with Gasteiger partial charge in [0.25, 0.3) is 0 Å². The van der Waals surface area contributed by atoms with E-state index in [-0.39, 0.29) is 11.2 Å². The molecule has 4 aromatic rings. The number of aromatic hydroxyl groups is 1. The number of nitrogens with zero attached hydrogens (tertiary/aromatic N) is 1. The van der Waals surface area contributed by atoms with Crippen molar-refractivity contribution in [1.29, 1.82) is 0 Å². The van der Waals surface area contributed by atoms with Gasteiger partial charge in [-0.05, 0) is 34.9 Å². The molecule has 0 fully saturated rings. The first-order valence-electron chi connectivity index (χ1n) is 8.39. The Balaban J connectivity index is 1.84. The zero-order chi connectivity index (χ0) is 17.2. The maximum atomic E-state index is 10.2. The monoisotopic (exact) mass is 343 g/mol. The average molecular weight is 343 g/mol. The number of benzene rings is 3. The molecule has 3 aromatic carbocycles. The molecule has 0 unspecified atom stereocenters. The molecule has 25 heavy (non-hydrogen) atoms. The molecule has 0 atom stereocenters. The number of phenolic OH excluding ortho intramolecular Hbond substituents is 1. The fourth-order valence-corrected chi connectivity index (χ4v) is 5.10. The Morgan fingerprint density at radius 3 is 2.36 bits per heavy atom. The van der Waals surface area contributed by atoms with Crippen molar-refractivity contribution >= 4 is 21.6 Å². The summed E-state index contributed by atoms with van der Waals surface area (Å²) in [5.41, 5.74) is 7.12. The van der Waals surface area contributed by atoms with Gasteiger partial charge < -0.3 is 5.11 Å². The quantitative estimate of drug-likeness (QED) is 0.461. The normalized spacial score (nSPS) is 14.5. The van der Waals surface area contributed by atoms with Gasteiger partial charge in [-0.15, -0.1) is 11.3 Å². The lowest BCUT2D eigenvalue weighted by Gasteiger charge is -2.21. The number of para-hydroxylation sites is 1. The van der Waals surface area contributed by atoms with Crippen molar-refractivity contribution in [3.05, 3.63) is 71.8 Å². The van der Waals surface area contributed by atoms with E-state index in [0.717, 1.165) is 16.1 Å². The number of hydrogen-bond donors (Lipinski definition) is 1. The highest BCUT2D eigenvalue weighted by atomic mass is 32.1. The van der Waals surface area contributed by atoms with Crippen LogP contribution < -0.4 is 0 Å². The van der Waals surface area contributed by atoms with E-state index < -0.39 is 0 Å². The van der Waals surface area contributed by atoms with Crippen molar-refractivity contribution in [2.45, 2.75) is 19.3 Å². The van der Waals surface area contributed by atoms with Gasteiger partial charge in [0.1, 0.15) is 10.8 Å². The van der Waals surface area contributed by atoms with Crippen LogP contribution in [0.4, 0.5) is 0 Å². The van der Waals surface area contributed by atoms with Gasteiger partial charge in [0.05, 0.1) is 15.8 Å². The van der Waals surface area contributed by atoms with E-state index in [1.165, 1.54) is 27.0 Å². The van der Waals surface area contributed by atoms with Crippen LogP contribution in [0.3, 0.4) is 0 Å². The highest BCUT2D eigenvalue weighted by Crippen LogP contribution is 2.52. The van der Waals surface area contributed by atoms with Crippen LogP contribution in [0.2, 0.25) is 0 Å². The van der Waals surface area contributed by atoms with E-state index in [2.05, 4.69) is 50.2 Å². The Kier molecular flexibility index (Phi) is 2.89. The Hall–Kier alpha value is -2.65. The van der Waals surface area contributed by atoms with Crippen molar-refractivity contribution in [3.63, 3.8) is 0 Å². The van der Waals surface area contributed by atoms with Gasteiger partial charge in [0, 0.05) is 11.0 Å². The molecule has 1 heterocycles. The molecule has 0 bridgehead atoms. The smallest absolute Gasteiger partial charge is 0.128 e. The van der Waals surface area contributed by atoms with Crippen molar-refractivity contribution in [2.75, 3.05) is 0 Å². The number of phenols is 1. The minimum absolute atomic E-state index is 0.000838. The van der Waals surface area contributed by atoms with E-state index in [4.69, 9.17) is 4.98 Å². The van der Waals surface area contributed by atoms with E-state index in [0.29, 0.717) is 0 Å². The number of rotatable bonds is 1. The molecule has 1 N–H and O–H groups in total. The number of hydrogen-bond acceptors (Lipinski definition) is 3. The third kappa shape index (κ3) is 1.93. The molecular formula is C22H17NOS. The fourth-order valence-electron chi connectivity index (χ4n) is 3.94. The SMILES string of the molecule is CC1(C)c2ccccc2-c2c1ccc1nc(-c3ccccc3O)sc21. The highest BCUT2D eigenvalue weighted by molar-refractivity contribution is 7.22. The molecule has 0 saturated heterocycles. The van der Waals surface area contributed by atoms with E-state index >= 15 is 0 Å². The van der Waals surface area contributed by atoms with E-state index in [1.807, 2.05) is 18.2 Å². The molecule has 0 aliphatic heterocycles. The molecular weight excluding hydrogens is 326 g/mol. The summed E-state index contributed by atoms with van der Waals surface area (Å²) in [5.74, 6) is 0.277. The summed E-state index contributed by atoms with van der Waals surface area (Å²) in [7, 11) is 0. The Labute approximate surface area is 150 Å². The van der Waals surface area contributed by atoms with Gasteiger partial charge in [0.2, 0.25) is 0 Å². The van der Waals surface area contributed by atoms with Gasteiger partial charge in [-0.25, -0.2) is 4.98 Å². The van der Waals surface area contributed by atoms with Crippen LogP contribution in [0.15, 0.2) is 60.7 Å². The minimum atomic E-state index is -0.000838. The summed E-state index contributed by atoms with van der Waals surface area (Å²) in [6, 6.07) is 20.4. The number of fused-ring (bicyclic) bond motifs is 5. The summed E-state index contributed by atoms with van der Waals surface area (Å²) in [6.45, 7) is 4.57. The predicted molar refractivity (Wildman–Crippen MR) is 104 cm³/mol. The largest absolute Gasteiger partial charge is 0.507 e. The van der Waals surface area contributed by atoms with Gasteiger partial charge in [-0.1, -0.05) is 56.3 Å². The first-order valence-corrected chi connectivity index (χ1v) is 9.21. The van der Waals surface area contributed by atoms with Gasteiger partial charge in [-0.2, -0.15) is 0 Å². The molecule has 1 aliphatic rings. The molecule has 0 radical (unpaired) electrons. The van der Waals surface area contributed by atoms with Crippen LogP contribution in [0.1, 0.15) is 25.0 Å². The predicted octanol–water partition coefficient (Wildman–Crippen LogP) is 5.98. The number of thiazole rings is 1. The second-order valence-corrected chi connectivity index (χ2v) is 8.04. The van der Waals surface area contributed by atoms with Gasteiger partial charge >= 0.3 is 0 Å². The number of aromatic nitrogens is 1. The molecule has 1 aromatic heterocycles. The maximum absolute atomic E-state index is 10.2. The minimum Gasteiger partial charge on any atom is -0.507 e. The second-order valence-electron chi connectivity index (χ2n) is 7.04. The molecule has 3 heteroatoms. The zero-order valence-electron chi connectivity index (χ0n) is 14.1. The van der Waals surface area contributed by atoms with Crippen molar-refractivity contribution in [1.82, 2.24) is 4.98 Å². The van der Waals surface area contributed by atoms with Crippen molar-refractivity contribution in [3.8, 4) is 27.4 Å². The summed E-state index contributed by atoms with van der Waals surface area (Å²) >= 11 is 1.66. The Morgan fingerprint density at radius 1 is 0.840 bits per heavy atom. The fraction of sp³-hybridized carbons (Fsp3) is 0.136. The third-order valence-corrected chi connectivity index (χ3v) is 6.36. The Morgan fingerprint density at radius 2 is 1.56 bits per heavy atom. The highest BCUT2D eigenvalue weighted by Gasteiger charge is 2.36. The van der Waals surface area contributed by atoms with E-state index in [9.17, 15) is 5.11 Å². The van der Waals surface area contributed by atoms with Crippen LogP contribution in [0.25, 0.3) is 31.9 Å². The van der Waals surface area contributed by atoms with E-state index in [1.54, 1.807) is 17.4 Å². The van der Waals surface area contributed by atoms with Crippen molar-refractivity contribution < 1.29 is 5.11 Å². The first kappa shape index (κ1) is 14.7. The van der Waals surface area contributed by atoms with Gasteiger partial charge in [0.15, 0.2) is 0 Å². The first-order chi connectivity index (χ1) is 12.1. The van der Waals surface area contributed by atoms with Crippen LogP contribution >= 0.6 is 11.3 Å². The summed E-state index contributed by atoms with van der Waals surface area (Å²) in [4.78, 5) is 4.80. The summed E-state index contributed by atoms with van der Waals surface area (Å²) in [5, 5.41) is 11.1.